The lowest BCUT2D eigenvalue weighted by atomic mass is 9.91. The maximum atomic E-state index is 11.5. The van der Waals surface area contributed by atoms with Crippen LogP contribution in [-0.2, 0) is 0 Å². The zero-order valence-electron chi connectivity index (χ0n) is 9.98. The first-order chi connectivity index (χ1) is 6.88. The molecule has 2 amide bonds. The monoisotopic (exact) mass is 214 g/mol. The Morgan fingerprint density at radius 3 is 2.13 bits per heavy atom. The molecule has 0 radical (unpaired) electrons. The van der Waals surface area contributed by atoms with Crippen molar-refractivity contribution in [2.75, 3.05) is 0 Å². The highest BCUT2D eigenvalue weighted by atomic mass is 16.2. The van der Waals surface area contributed by atoms with Crippen LogP contribution in [0.3, 0.4) is 0 Å². The van der Waals surface area contributed by atoms with E-state index in [1.54, 1.807) is 0 Å². The maximum Gasteiger partial charge on any atom is 0.315 e. The number of urea groups is 1. The largest absolute Gasteiger partial charge is 0.386 e. The molecule has 0 bridgehead atoms. The number of carbonyl (C=O) groups is 1. The van der Waals surface area contributed by atoms with E-state index in [0.717, 1.165) is 0 Å². The highest BCUT2D eigenvalue weighted by Crippen LogP contribution is 2.14. The van der Waals surface area contributed by atoms with E-state index >= 15 is 0 Å². The molecule has 0 aromatic heterocycles. The van der Waals surface area contributed by atoms with Gasteiger partial charge in [0.2, 0.25) is 0 Å². The summed E-state index contributed by atoms with van der Waals surface area (Å²) >= 11 is 0. The van der Waals surface area contributed by atoms with Gasteiger partial charge in [0, 0.05) is 6.04 Å². The number of amides is 2. The zero-order valence-corrected chi connectivity index (χ0v) is 9.98. The maximum absolute atomic E-state index is 11.5. The molecule has 0 rings (SSSR count). The molecule has 0 heterocycles. The molecule has 0 saturated heterocycles. The Bertz CT molecular complexity index is 234. The van der Waals surface area contributed by atoms with Crippen molar-refractivity contribution in [3.63, 3.8) is 0 Å². The second-order valence-electron chi connectivity index (χ2n) is 3.96. The highest BCUT2D eigenvalue weighted by molar-refractivity contribution is 5.91. The summed E-state index contributed by atoms with van der Waals surface area (Å²) in [5.41, 5.74) is 4.80. The van der Waals surface area contributed by atoms with Crippen molar-refractivity contribution < 1.29 is 4.79 Å². The van der Waals surface area contributed by atoms with Crippen molar-refractivity contribution in [3.8, 4) is 0 Å². The normalized spacial score (nSPS) is 11.3. The van der Waals surface area contributed by atoms with Crippen molar-refractivity contribution in [2.24, 2.45) is 5.73 Å². The first-order valence-electron chi connectivity index (χ1n) is 5.31. The molecule has 0 saturated carbocycles. The summed E-state index contributed by atoms with van der Waals surface area (Å²) in [6, 6.07) is -0.202. The fourth-order valence-electron chi connectivity index (χ4n) is 1.39. The van der Waals surface area contributed by atoms with Crippen LogP contribution in [-0.4, -0.2) is 23.4 Å². The van der Waals surface area contributed by atoms with Crippen LogP contribution in [0.1, 0.15) is 40.5 Å². The summed E-state index contributed by atoms with van der Waals surface area (Å²) in [6.07, 6.45) is 1.23. The molecule has 0 spiro atoms. The minimum Gasteiger partial charge on any atom is -0.386 e. The summed E-state index contributed by atoms with van der Waals surface area (Å²) < 4.78 is 0. The standard InChI is InChI=1S/C10H22N4O/c1-5-10(6-2,8(11)12)14-9(15)13-7(3)4/h7H,5-6H2,1-4H3,(H3,11,12)(H2,13,14,15). The van der Waals surface area contributed by atoms with Crippen molar-refractivity contribution in [2.45, 2.75) is 52.1 Å². The van der Waals surface area contributed by atoms with Gasteiger partial charge in [-0.25, -0.2) is 4.79 Å². The number of carbonyl (C=O) groups excluding carboxylic acids is 1. The Morgan fingerprint density at radius 1 is 1.40 bits per heavy atom. The van der Waals surface area contributed by atoms with Crippen LogP contribution in [0.25, 0.3) is 0 Å². The molecule has 0 aliphatic rings. The number of hydrogen-bond acceptors (Lipinski definition) is 2. The first kappa shape index (κ1) is 13.7. The minimum absolute atomic E-state index is 0.00593. The average Bonchev–Trinajstić information content (AvgIpc) is 2.12. The molecule has 15 heavy (non-hydrogen) atoms. The van der Waals surface area contributed by atoms with E-state index in [4.69, 9.17) is 11.1 Å². The van der Waals surface area contributed by atoms with Gasteiger partial charge in [-0.3, -0.25) is 5.41 Å². The van der Waals surface area contributed by atoms with Gasteiger partial charge in [0.05, 0.1) is 5.54 Å². The number of rotatable bonds is 5. The average molecular weight is 214 g/mol. The fraction of sp³-hybridized carbons (Fsp3) is 0.800. The van der Waals surface area contributed by atoms with Crippen LogP contribution < -0.4 is 16.4 Å². The second kappa shape index (κ2) is 5.58. The van der Waals surface area contributed by atoms with Crippen molar-refractivity contribution >= 4 is 11.9 Å². The number of nitrogens with two attached hydrogens (primary N) is 1. The molecule has 0 fully saturated rings. The fourth-order valence-corrected chi connectivity index (χ4v) is 1.39. The topological polar surface area (TPSA) is 91.0 Å². The number of hydrogen-bond donors (Lipinski definition) is 4. The van der Waals surface area contributed by atoms with E-state index in [9.17, 15) is 4.79 Å². The Balaban J connectivity index is 4.54. The Kier molecular flexibility index (Phi) is 5.11. The van der Waals surface area contributed by atoms with Gasteiger partial charge < -0.3 is 16.4 Å². The molecule has 0 aliphatic heterocycles. The predicted octanol–water partition coefficient (Wildman–Crippen LogP) is 1.19. The summed E-state index contributed by atoms with van der Waals surface area (Å²) in [6.45, 7) is 7.57. The van der Waals surface area contributed by atoms with E-state index in [2.05, 4.69) is 10.6 Å². The molecule has 88 valence electrons. The van der Waals surface area contributed by atoms with Crippen LogP contribution in [0, 0.1) is 5.41 Å². The van der Waals surface area contributed by atoms with Crippen LogP contribution in [0.2, 0.25) is 0 Å². The molecule has 0 aliphatic carbocycles. The van der Waals surface area contributed by atoms with Crippen LogP contribution in [0.5, 0.6) is 0 Å². The molecule has 0 atom stereocenters. The summed E-state index contributed by atoms with van der Waals surface area (Å²) in [7, 11) is 0. The van der Waals surface area contributed by atoms with E-state index in [0.29, 0.717) is 12.8 Å². The molecule has 0 aromatic rings. The highest BCUT2D eigenvalue weighted by Gasteiger charge is 2.31. The van der Waals surface area contributed by atoms with Crippen molar-refractivity contribution in [1.29, 1.82) is 5.41 Å². The minimum atomic E-state index is -0.709. The van der Waals surface area contributed by atoms with Gasteiger partial charge in [0.25, 0.3) is 0 Å². The Labute approximate surface area is 91.3 Å². The first-order valence-corrected chi connectivity index (χ1v) is 5.31. The van der Waals surface area contributed by atoms with Crippen molar-refractivity contribution in [3.05, 3.63) is 0 Å². The molecule has 5 heteroatoms. The SMILES string of the molecule is CCC(CC)(NC(=O)NC(C)C)C(=N)N. The van der Waals surface area contributed by atoms with Gasteiger partial charge in [-0.2, -0.15) is 0 Å². The Hall–Kier alpha value is -1.26. The smallest absolute Gasteiger partial charge is 0.315 e. The van der Waals surface area contributed by atoms with Gasteiger partial charge in [-0.1, -0.05) is 13.8 Å². The van der Waals surface area contributed by atoms with Gasteiger partial charge in [0.1, 0.15) is 5.84 Å². The zero-order chi connectivity index (χ0) is 12.1. The van der Waals surface area contributed by atoms with E-state index in [-0.39, 0.29) is 17.9 Å². The third-order valence-electron chi connectivity index (χ3n) is 2.50. The quantitative estimate of drug-likeness (QED) is 0.409. The Morgan fingerprint density at radius 2 is 1.87 bits per heavy atom. The lowest BCUT2D eigenvalue weighted by Crippen LogP contribution is -2.59. The predicted molar refractivity (Wildman–Crippen MR) is 62.0 cm³/mol. The molecule has 5 N–H and O–H groups in total. The van der Waals surface area contributed by atoms with Gasteiger partial charge in [0.15, 0.2) is 0 Å². The van der Waals surface area contributed by atoms with Crippen LogP contribution in [0.15, 0.2) is 0 Å². The van der Waals surface area contributed by atoms with Gasteiger partial charge >= 0.3 is 6.03 Å². The lowest BCUT2D eigenvalue weighted by molar-refractivity contribution is 0.229. The van der Waals surface area contributed by atoms with Crippen LogP contribution >= 0.6 is 0 Å². The summed E-state index contributed by atoms with van der Waals surface area (Å²) in [5, 5.41) is 13.0. The van der Waals surface area contributed by atoms with E-state index in [1.807, 2.05) is 27.7 Å². The molecule has 0 aromatic carbocycles. The van der Waals surface area contributed by atoms with Crippen LogP contribution in [0.4, 0.5) is 4.79 Å². The van der Waals surface area contributed by atoms with E-state index in [1.165, 1.54) is 0 Å². The van der Waals surface area contributed by atoms with Gasteiger partial charge in [-0.15, -0.1) is 0 Å². The molecule has 5 nitrogen and oxygen atoms in total. The second-order valence-corrected chi connectivity index (χ2v) is 3.96. The van der Waals surface area contributed by atoms with Crippen molar-refractivity contribution in [1.82, 2.24) is 10.6 Å². The van der Waals surface area contributed by atoms with Gasteiger partial charge in [-0.05, 0) is 26.7 Å². The number of amidine groups is 1. The van der Waals surface area contributed by atoms with E-state index < -0.39 is 5.54 Å². The lowest BCUT2D eigenvalue weighted by Gasteiger charge is -2.31. The number of nitrogens with one attached hydrogen (secondary N) is 3. The summed E-state index contributed by atoms with van der Waals surface area (Å²) in [4.78, 5) is 11.5. The third kappa shape index (κ3) is 3.77. The third-order valence-corrected chi connectivity index (χ3v) is 2.50. The molecule has 0 unspecified atom stereocenters. The molecular weight excluding hydrogens is 192 g/mol. The summed E-state index contributed by atoms with van der Waals surface area (Å²) in [5.74, 6) is 0.00593. The molecular formula is C10H22N4O.